The van der Waals surface area contributed by atoms with Crippen LogP contribution >= 0.6 is 0 Å². The molecule has 1 rings (SSSR count). The second kappa shape index (κ2) is 8.14. The highest BCUT2D eigenvalue weighted by Gasteiger charge is 2.11. The predicted molar refractivity (Wildman–Crippen MR) is 66.0 cm³/mol. The molecular formula is C11H25BN2O. The number of nitrogens with one attached hydrogen (secondary N) is 1. The average Bonchev–Trinajstić information content (AvgIpc) is 2.24. The van der Waals surface area contributed by atoms with E-state index in [1.165, 1.54) is 51.4 Å². The molecule has 1 aliphatic rings. The summed E-state index contributed by atoms with van der Waals surface area (Å²) in [5.41, 5.74) is 6.03. The highest BCUT2D eigenvalue weighted by Crippen LogP contribution is 2.16. The Bertz CT molecular complexity index is 158. The predicted octanol–water partition coefficient (Wildman–Crippen LogP) is 1.32. The summed E-state index contributed by atoms with van der Waals surface area (Å²) in [6, 6.07) is 1.07. The summed E-state index contributed by atoms with van der Waals surface area (Å²) in [5.74, 6) is 0. The van der Waals surface area contributed by atoms with Crippen molar-refractivity contribution in [3.63, 3.8) is 0 Å². The van der Waals surface area contributed by atoms with Gasteiger partial charge in [-0.05, 0) is 31.7 Å². The molecule has 0 spiro atoms. The molecule has 3 nitrogen and oxygen atoms in total. The van der Waals surface area contributed by atoms with Crippen molar-refractivity contribution >= 4 is 7.62 Å². The van der Waals surface area contributed by atoms with Gasteiger partial charge in [-0.2, -0.15) is 0 Å². The number of rotatable bonds is 3. The van der Waals surface area contributed by atoms with Gasteiger partial charge in [0.2, 0.25) is 0 Å². The molecule has 1 aliphatic carbocycles. The molecule has 0 aliphatic heterocycles. The molecule has 4 heteroatoms. The monoisotopic (exact) mass is 212 g/mol. The van der Waals surface area contributed by atoms with Crippen LogP contribution in [0.5, 0.6) is 0 Å². The topological polar surface area (TPSA) is 47.3 Å². The molecule has 2 atom stereocenters. The van der Waals surface area contributed by atoms with Gasteiger partial charge in [0.05, 0.1) is 0 Å². The maximum atomic E-state index is 6.03. The number of hydrogen-bond donors (Lipinski definition) is 2. The van der Waals surface area contributed by atoms with E-state index < -0.39 is 0 Å². The Morgan fingerprint density at radius 2 is 1.73 bits per heavy atom. The summed E-state index contributed by atoms with van der Waals surface area (Å²) in [4.78, 5) is 0. The molecule has 0 aromatic carbocycles. The molecule has 0 amide bonds. The van der Waals surface area contributed by atoms with Crippen molar-refractivity contribution in [1.82, 2.24) is 5.23 Å². The summed E-state index contributed by atoms with van der Waals surface area (Å²) < 4.78 is 5.06. The van der Waals surface area contributed by atoms with Crippen molar-refractivity contribution < 1.29 is 4.65 Å². The molecule has 3 N–H and O–H groups in total. The van der Waals surface area contributed by atoms with Crippen molar-refractivity contribution in [2.24, 2.45) is 5.73 Å². The first-order valence-electron chi connectivity index (χ1n) is 6.31. The average molecular weight is 212 g/mol. The Morgan fingerprint density at radius 1 is 1.07 bits per heavy atom. The molecule has 0 saturated heterocycles. The van der Waals surface area contributed by atoms with Gasteiger partial charge in [0.25, 0.3) is 0 Å². The van der Waals surface area contributed by atoms with Crippen LogP contribution in [0.3, 0.4) is 0 Å². The fraction of sp³-hybridized carbons (Fsp3) is 1.00. The van der Waals surface area contributed by atoms with Crippen molar-refractivity contribution in [3.05, 3.63) is 0 Å². The van der Waals surface area contributed by atoms with Crippen LogP contribution in [0.25, 0.3) is 0 Å². The van der Waals surface area contributed by atoms with Gasteiger partial charge >= 0.3 is 7.62 Å². The van der Waals surface area contributed by atoms with Crippen LogP contribution in [0, 0.1) is 0 Å². The lowest BCUT2D eigenvalue weighted by Crippen LogP contribution is -2.34. The number of hydrogen-bond acceptors (Lipinski definition) is 3. The zero-order chi connectivity index (χ0) is 10.9. The fourth-order valence-corrected chi connectivity index (χ4v) is 2.29. The lowest BCUT2D eigenvalue weighted by molar-refractivity contribution is 0.385. The first kappa shape index (κ1) is 13.0. The standard InChI is InChI=1S/C11H25BN2O/c1-15-12-14-11-8-4-2-3-6-10(13)7-5-9-11/h10-12,14H,2-9,13H2,1H3/t10-,11?/m1/s1. The third-order valence-corrected chi connectivity index (χ3v) is 3.27. The minimum Gasteiger partial charge on any atom is -0.427 e. The Hall–Kier alpha value is -0.0551. The van der Waals surface area contributed by atoms with Gasteiger partial charge in [-0.15, -0.1) is 0 Å². The van der Waals surface area contributed by atoms with E-state index in [0.717, 1.165) is 0 Å². The molecule has 1 saturated carbocycles. The van der Waals surface area contributed by atoms with Gasteiger partial charge in [0, 0.05) is 13.2 Å². The van der Waals surface area contributed by atoms with Crippen molar-refractivity contribution in [1.29, 1.82) is 0 Å². The van der Waals surface area contributed by atoms with Gasteiger partial charge in [-0.1, -0.05) is 25.7 Å². The van der Waals surface area contributed by atoms with Crippen LogP contribution < -0.4 is 11.0 Å². The van der Waals surface area contributed by atoms with Crippen molar-refractivity contribution in [3.8, 4) is 0 Å². The summed E-state index contributed by atoms with van der Waals surface area (Å²) in [5, 5.41) is 3.44. The maximum absolute atomic E-state index is 6.03. The van der Waals surface area contributed by atoms with Crippen LogP contribution in [0.4, 0.5) is 0 Å². The maximum Gasteiger partial charge on any atom is 0.360 e. The summed E-state index contributed by atoms with van der Waals surface area (Å²) in [6.45, 7) is 0. The van der Waals surface area contributed by atoms with Gasteiger partial charge in [-0.3, -0.25) is 0 Å². The van der Waals surface area contributed by atoms with E-state index >= 15 is 0 Å². The third kappa shape index (κ3) is 6.18. The van der Waals surface area contributed by atoms with Crippen molar-refractivity contribution in [2.75, 3.05) is 7.11 Å². The Labute approximate surface area is 94.4 Å². The molecule has 0 radical (unpaired) electrons. The second-order valence-electron chi connectivity index (χ2n) is 4.66. The fourth-order valence-electron chi connectivity index (χ4n) is 2.29. The van der Waals surface area contributed by atoms with E-state index in [1.54, 1.807) is 7.11 Å². The molecule has 0 aromatic heterocycles. The van der Waals surface area contributed by atoms with E-state index in [2.05, 4.69) is 5.23 Å². The van der Waals surface area contributed by atoms with E-state index in [4.69, 9.17) is 10.4 Å². The Morgan fingerprint density at radius 3 is 2.53 bits per heavy atom. The van der Waals surface area contributed by atoms with Gasteiger partial charge < -0.3 is 15.6 Å². The first-order chi connectivity index (χ1) is 7.33. The van der Waals surface area contributed by atoms with Gasteiger partial charge in [0.1, 0.15) is 0 Å². The minimum absolute atomic E-state index is 0.436. The zero-order valence-corrected chi connectivity index (χ0v) is 10.0. The van der Waals surface area contributed by atoms with Crippen LogP contribution in [0.2, 0.25) is 0 Å². The van der Waals surface area contributed by atoms with E-state index in [9.17, 15) is 0 Å². The molecule has 15 heavy (non-hydrogen) atoms. The first-order valence-corrected chi connectivity index (χ1v) is 6.31. The van der Waals surface area contributed by atoms with Crippen molar-refractivity contribution in [2.45, 2.75) is 63.5 Å². The lowest BCUT2D eigenvalue weighted by atomic mass is 9.94. The number of nitrogens with two attached hydrogens (primary N) is 1. The van der Waals surface area contributed by atoms with Crippen LogP contribution in [0.1, 0.15) is 51.4 Å². The van der Waals surface area contributed by atoms with E-state index in [0.29, 0.717) is 19.7 Å². The van der Waals surface area contributed by atoms with Crippen LogP contribution in [-0.2, 0) is 4.65 Å². The van der Waals surface area contributed by atoms with Gasteiger partial charge in [-0.25, -0.2) is 0 Å². The molecule has 88 valence electrons. The molecular weight excluding hydrogens is 187 g/mol. The normalized spacial score (nSPS) is 29.7. The molecule has 0 heterocycles. The van der Waals surface area contributed by atoms with Crippen LogP contribution in [-0.4, -0.2) is 26.8 Å². The van der Waals surface area contributed by atoms with E-state index in [1.807, 2.05) is 0 Å². The molecule has 1 fully saturated rings. The molecule has 1 unspecified atom stereocenters. The lowest BCUT2D eigenvalue weighted by Gasteiger charge is -2.21. The zero-order valence-electron chi connectivity index (χ0n) is 10.0. The largest absolute Gasteiger partial charge is 0.427 e. The minimum atomic E-state index is 0.436. The summed E-state index contributed by atoms with van der Waals surface area (Å²) >= 11 is 0. The third-order valence-electron chi connectivity index (χ3n) is 3.27. The van der Waals surface area contributed by atoms with Gasteiger partial charge in [0.15, 0.2) is 0 Å². The SMILES string of the molecule is COBNC1CCCCC[C@@H](N)CCC1. The quantitative estimate of drug-likeness (QED) is 0.693. The highest BCUT2D eigenvalue weighted by molar-refractivity contribution is 6.23. The Balaban J connectivity index is 2.23. The smallest absolute Gasteiger partial charge is 0.360 e. The summed E-state index contributed by atoms with van der Waals surface area (Å²) in [7, 11) is 2.42. The Kier molecular flexibility index (Phi) is 7.06. The van der Waals surface area contributed by atoms with E-state index in [-0.39, 0.29) is 0 Å². The molecule has 0 bridgehead atoms. The summed E-state index contributed by atoms with van der Waals surface area (Å²) in [6.07, 6.45) is 10.2. The molecule has 0 aromatic rings. The van der Waals surface area contributed by atoms with Crippen LogP contribution in [0.15, 0.2) is 0 Å². The highest BCUT2D eigenvalue weighted by atomic mass is 16.4. The second-order valence-corrected chi connectivity index (χ2v) is 4.66.